The number of methoxy groups -OCH3 is 1. The molecular formula is C12H17NO2. The first-order valence-electron chi connectivity index (χ1n) is 5.35. The molecule has 82 valence electrons. The van der Waals surface area contributed by atoms with Crippen molar-refractivity contribution in [2.45, 2.75) is 13.0 Å². The van der Waals surface area contributed by atoms with Crippen molar-refractivity contribution in [2.75, 3.05) is 26.9 Å². The van der Waals surface area contributed by atoms with Gasteiger partial charge < -0.3 is 14.8 Å². The lowest BCUT2D eigenvalue weighted by atomic mass is 10.0. The molecule has 0 aliphatic carbocycles. The van der Waals surface area contributed by atoms with Crippen molar-refractivity contribution >= 4 is 0 Å². The second kappa shape index (κ2) is 5.14. The highest BCUT2D eigenvalue weighted by atomic mass is 16.5. The standard InChI is InChI=1S/C12H17NO2/c1-14-7-8-15-12-4-2-3-10-5-6-13-9-11(10)12/h2-4,13H,5-9H2,1H3. The molecule has 3 nitrogen and oxygen atoms in total. The molecule has 0 unspecified atom stereocenters. The lowest BCUT2D eigenvalue weighted by Crippen LogP contribution is -2.24. The van der Waals surface area contributed by atoms with E-state index in [4.69, 9.17) is 9.47 Å². The summed E-state index contributed by atoms with van der Waals surface area (Å²) in [5.74, 6) is 0.997. The van der Waals surface area contributed by atoms with Crippen LogP contribution >= 0.6 is 0 Å². The summed E-state index contributed by atoms with van der Waals surface area (Å²) in [5.41, 5.74) is 2.71. The fraction of sp³-hybridized carbons (Fsp3) is 0.500. The summed E-state index contributed by atoms with van der Waals surface area (Å²) < 4.78 is 10.6. The van der Waals surface area contributed by atoms with Crippen LogP contribution in [-0.2, 0) is 17.7 Å². The number of rotatable bonds is 4. The number of hydrogen-bond donors (Lipinski definition) is 1. The Labute approximate surface area is 90.4 Å². The van der Waals surface area contributed by atoms with Crippen LogP contribution in [0.3, 0.4) is 0 Å². The van der Waals surface area contributed by atoms with E-state index in [0.29, 0.717) is 13.2 Å². The first kappa shape index (κ1) is 10.5. The van der Waals surface area contributed by atoms with Crippen LogP contribution in [-0.4, -0.2) is 26.9 Å². The maximum Gasteiger partial charge on any atom is 0.124 e. The van der Waals surface area contributed by atoms with E-state index in [-0.39, 0.29) is 0 Å². The molecule has 0 amide bonds. The van der Waals surface area contributed by atoms with Crippen LogP contribution in [0.1, 0.15) is 11.1 Å². The third-order valence-electron chi connectivity index (χ3n) is 2.65. The summed E-state index contributed by atoms with van der Waals surface area (Å²) in [5, 5.41) is 3.36. The summed E-state index contributed by atoms with van der Waals surface area (Å²) >= 11 is 0. The lowest BCUT2D eigenvalue weighted by Gasteiger charge is -2.20. The zero-order valence-electron chi connectivity index (χ0n) is 9.08. The van der Waals surface area contributed by atoms with Gasteiger partial charge in [0.15, 0.2) is 0 Å². The molecule has 1 N–H and O–H groups in total. The van der Waals surface area contributed by atoms with Crippen molar-refractivity contribution in [1.29, 1.82) is 0 Å². The molecule has 0 saturated carbocycles. The fourth-order valence-corrected chi connectivity index (χ4v) is 1.85. The Bertz CT molecular complexity index is 325. The highest BCUT2D eigenvalue weighted by Gasteiger charge is 2.12. The van der Waals surface area contributed by atoms with E-state index in [1.54, 1.807) is 7.11 Å². The summed E-state index contributed by atoms with van der Waals surface area (Å²) in [7, 11) is 1.69. The smallest absolute Gasteiger partial charge is 0.124 e. The van der Waals surface area contributed by atoms with Crippen LogP contribution in [0, 0.1) is 0 Å². The molecule has 15 heavy (non-hydrogen) atoms. The van der Waals surface area contributed by atoms with E-state index < -0.39 is 0 Å². The molecule has 2 rings (SSSR count). The first-order valence-corrected chi connectivity index (χ1v) is 5.35. The SMILES string of the molecule is COCCOc1cccc2c1CNCC2. The molecule has 0 aromatic heterocycles. The Morgan fingerprint density at radius 1 is 1.33 bits per heavy atom. The van der Waals surface area contributed by atoms with Gasteiger partial charge in [0.05, 0.1) is 6.61 Å². The molecular weight excluding hydrogens is 190 g/mol. The fourth-order valence-electron chi connectivity index (χ4n) is 1.85. The molecule has 1 heterocycles. The van der Waals surface area contributed by atoms with Crippen LogP contribution in [0.15, 0.2) is 18.2 Å². The van der Waals surface area contributed by atoms with Crippen molar-refractivity contribution in [1.82, 2.24) is 5.32 Å². The van der Waals surface area contributed by atoms with Crippen molar-refractivity contribution < 1.29 is 9.47 Å². The Balaban J connectivity index is 2.09. The van der Waals surface area contributed by atoms with E-state index >= 15 is 0 Å². The number of benzene rings is 1. The van der Waals surface area contributed by atoms with Gasteiger partial charge in [-0.15, -0.1) is 0 Å². The van der Waals surface area contributed by atoms with Crippen LogP contribution in [0.4, 0.5) is 0 Å². The molecule has 0 spiro atoms. The third kappa shape index (κ3) is 2.49. The molecule has 0 radical (unpaired) electrons. The largest absolute Gasteiger partial charge is 0.491 e. The molecule has 0 bridgehead atoms. The quantitative estimate of drug-likeness (QED) is 0.756. The Morgan fingerprint density at radius 2 is 2.27 bits per heavy atom. The molecule has 0 saturated heterocycles. The zero-order chi connectivity index (χ0) is 10.5. The van der Waals surface area contributed by atoms with E-state index in [1.807, 2.05) is 6.07 Å². The van der Waals surface area contributed by atoms with E-state index in [1.165, 1.54) is 11.1 Å². The van der Waals surface area contributed by atoms with E-state index in [2.05, 4.69) is 17.4 Å². The van der Waals surface area contributed by atoms with Gasteiger partial charge in [-0.25, -0.2) is 0 Å². The van der Waals surface area contributed by atoms with Crippen LogP contribution in [0.5, 0.6) is 5.75 Å². The minimum Gasteiger partial charge on any atom is -0.491 e. The van der Waals surface area contributed by atoms with Crippen molar-refractivity contribution in [2.24, 2.45) is 0 Å². The highest BCUT2D eigenvalue weighted by molar-refractivity contribution is 5.41. The molecule has 1 aliphatic heterocycles. The van der Waals surface area contributed by atoms with Gasteiger partial charge in [-0.3, -0.25) is 0 Å². The average Bonchev–Trinajstić information content (AvgIpc) is 2.30. The van der Waals surface area contributed by atoms with E-state index in [0.717, 1.165) is 25.3 Å². The van der Waals surface area contributed by atoms with Gasteiger partial charge in [0, 0.05) is 19.2 Å². The van der Waals surface area contributed by atoms with Crippen molar-refractivity contribution in [3.63, 3.8) is 0 Å². The maximum absolute atomic E-state index is 5.68. The minimum atomic E-state index is 0.618. The summed E-state index contributed by atoms with van der Waals surface area (Å²) in [6.45, 7) is 3.23. The summed E-state index contributed by atoms with van der Waals surface area (Å²) in [6, 6.07) is 6.27. The molecule has 0 fully saturated rings. The predicted molar refractivity (Wildman–Crippen MR) is 59.2 cm³/mol. The maximum atomic E-state index is 5.68. The highest BCUT2D eigenvalue weighted by Crippen LogP contribution is 2.24. The Hall–Kier alpha value is -1.06. The number of ether oxygens (including phenoxy) is 2. The van der Waals surface area contributed by atoms with Gasteiger partial charge in [0.25, 0.3) is 0 Å². The number of fused-ring (bicyclic) bond motifs is 1. The van der Waals surface area contributed by atoms with Crippen molar-refractivity contribution in [3.05, 3.63) is 29.3 Å². The summed E-state index contributed by atoms with van der Waals surface area (Å²) in [4.78, 5) is 0. The molecule has 0 atom stereocenters. The van der Waals surface area contributed by atoms with Crippen LogP contribution in [0.25, 0.3) is 0 Å². The van der Waals surface area contributed by atoms with Gasteiger partial charge in [-0.05, 0) is 24.6 Å². The minimum absolute atomic E-state index is 0.618. The molecule has 1 aromatic carbocycles. The molecule has 1 aliphatic rings. The zero-order valence-corrected chi connectivity index (χ0v) is 9.08. The van der Waals surface area contributed by atoms with Crippen LogP contribution < -0.4 is 10.1 Å². The Kier molecular flexibility index (Phi) is 3.59. The average molecular weight is 207 g/mol. The van der Waals surface area contributed by atoms with Gasteiger partial charge in [0.2, 0.25) is 0 Å². The summed E-state index contributed by atoms with van der Waals surface area (Å²) in [6.07, 6.45) is 1.09. The second-order valence-electron chi connectivity index (χ2n) is 3.66. The van der Waals surface area contributed by atoms with Gasteiger partial charge >= 0.3 is 0 Å². The van der Waals surface area contributed by atoms with Crippen molar-refractivity contribution in [3.8, 4) is 5.75 Å². The van der Waals surface area contributed by atoms with Gasteiger partial charge in [-0.2, -0.15) is 0 Å². The normalized spacial score (nSPS) is 14.7. The van der Waals surface area contributed by atoms with Crippen LogP contribution in [0.2, 0.25) is 0 Å². The first-order chi connectivity index (χ1) is 7.42. The van der Waals surface area contributed by atoms with Gasteiger partial charge in [-0.1, -0.05) is 12.1 Å². The topological polar surface area (TPSA) is 30.5 Å². The van der Waals surface area contributed by atoms with Gasteiger partial charge in [0.1, 0.15) is 12.4 Å². The Morgan fingerprint density at radius 3 is 3.13 bits per heavy atom. The predicted octanol–water partition coefficient (Wildman–Crippen LogP) is 1.36. The molecule has 1 aromatic rings. The second-order valence-corrected chi connectivity index (χ2v) is 3.66. The number of nitrogens with one attached hydrogen (secondary N) is 1. The number of hydrogen-bond acceptors (Lipinski definition) is 3. The van der Waals surface area contributed by atoms with E-state index in [9.17, 15) is 0 Å². The lowest BCUT2D eigenvalue weighted by molar-refractivity contribution is 0.145. The molecule has 3 heteroatoms. The monoisotopic (exact) mass is 207 g/mol. The third-order valence-corrected chi connectivity index (χ3v) is 2.65.